The van der Waals surface area contributed by atoms with E-state index in [1.807, 2.05) is 12.1 Å². The Morgan fingerprint density at radius 1 is 1.16 bits per heavy atom. The van der Waals surface area contributed by atoms with Gasteiger partial charge in [0.15, 0.2) is 0 Å². The molecule has 1 aromatic rings. The van der Waals surface area contributed by atoms with Crippen molar-refractivity contribution in [2.24, 2.45) is 0 Å². The van der Waals surface area contributed by atoms with Gasteiger partial charge in [0.25, 0.3) is 0 Å². The lowest BCUT2D eigenvalue weighted by Gasteiger charge is -2.38. The minimum atomic E-state index is -1.09. The molecule has 0 saturated carbocycles. The molecule has 1 rings (SSSR count). The summed E-state index contributed by atoms with van der Waals surface area (Å²) in [5.41, 5.74) is -1.01. The second kappa shape index (κ2) is 6.10. The Morgan fingerprint density at radius 3 is 2.16 bits per heavy atom. The van der Waals surface area contributed by atoms with Crippen molar-refractivity contribution in [1.82, 2.24) is 0 Å². The van der Waals surface area contributed by atoms with Crippen molar-refractivity contribution in [3.8, 4) is 0 Å². The molecule has 2 N–H and O–H groups in total. The lowest BCUT2D eigenvalue weighted by molar-refractivity contribution is -0.0984. The topological polar surface area (TPSA) is 49.7 Å². The molecule has 0 heterocycles. The molecule has 5 heteroatoms. The van der Waals surface area contributed by atoms with Gasteiger partial charge in [-0.3, -0.25) is 0 Å². The van der Waals surface area contributed by atoms with Crippen LogP contribution in [0.5, 0.6) is 0 Å². The van der Waals surface area contributed by atoms with Crippen LogP contribution in [0.3, 0.4) is 0 Å². The van der Waals surface area contributed by atoms with E-state index in [1.54, 1.807) is 45.9 Å². The molecule has 0 aliphatic heterocycles. The number of halogens is 1. The molecule has 0 amide bonds. The summed E-state index contributed by atoms with van der Waals surface area (Å²) in [4.78, 5) is 0. The molecule has 1 aromatic carbocycles. The largest absolute Gasteiger partial charge is 0.483 e. The molecule has 0 fully saturated rings. The van der Waals surface area contributed by atoms with E-state index in [9.17, 15) is 10.1 Å². The molecule has 0 bridgehead atoms. The van der Waals surface area contributed by atoms with E-state index < -0.39 is 18.3 Å². The zero-order chi connectivity index (χ0) is 14.7. The Morgan fingerprint density at radius 2 is 1.68 bits per heavy atom. The fourth-order valence-electron chi connectivity index (χ4n) is 1.25. The Labute approximate surface area is 120 Å². The summed E-state index contributed by atoms with van der Waals surface area (Å²) >= 11 is 5.79. The molecule has 0 spiro atoms. The highest BCUT2D eigenvalue weighted by atomic mass is 35.5. The highest BCUT2D eigenvalue weighted by molar-refractivity contribution is 6.50. The van der Waals surface area contributed by atoms with Gasteiger partial charge in [0, 0.05) is 5.02 Å². The highest BCUT2D eigenvalue weighted by Crippen LogP contribution is 2.25. The molecule has 0 radical (unpaired) electrons. The van der Waals surface area contributed by atoms with E-state index in [-0.39, 0.29) is 0 Å². The van der Waals surface area contributed by atoms with Crippen LogP contribution in [0.2, 0.25) is 5.02 Å². The minimum Gasteiger partial charge on any atom is -0.423 e. The third-order valence-corrected chi connectivity index (χ3v) is 3.46. The maximum absolute atomic E-state index is 9.94. The number of benzene rings is 1. The number of hydrogen-bond acceptors (Lipinski definition) is 3. The normalized spacial score (nSPS) is 13.0. The van der Waals surface area contributed by atoms with Gasteiger partial charge < -0.3 is 14.8 Å². The molecule has 0 aliphatic carbocycles. The van der Waals surface area contributed by atoms with Gasteiger partial charge in [-0.2, -0.15) is 0 Å². The summed E-state index contributed by atoms with van der Waals surface area (Å²) in [5.74, 6) is 1.52. The predicted molar refractivity (Wildman–Crippen MR) is 79.9 cm³/mol. The van der Waals surface area contributed by atoms with Gasteiger partial charge in [-0.25, -0.2) is 0 Å². The summed E-state index contributed by atoms with van der Waals surface area (Å²) in [5, 5.41) is 20.4. The maximum atomic E-state index is 9.94. The first kappa shape index (κ1) is 16.2. The quantitative estimate of drug-likeness (QED) is 0.816. The van der Waals surface area contributed by atoms with Gasteiger partial charge in [0.05, 0.1) is 11.2 Å². The lowest BCUT2D eigenvalue weighted by atomic mass is 9.82. The van der Waals surface area contributed by atoms with Crippen molar-refractivity contribution in [3.63, 3.8) is 0 Å². The van der Waals surface area contributed by atoms with E-state index in [0.717, 1.165) is 5.56 Å². The number of aliphatic hydroxyl groups is 1. The van der Waals surface area contributed by atoms with Crippen LogP contribution < -0.4 is 0 Å². The van der Waals surface area contributed by atoms with Crippen molar-refractivity contribution >= 4 is 24.8 Å². The fraction of sp³-hybridized carbons (Fsp3) is 0.429. The third-order valence-electron chi connectivity index (χ3n) is 3.21. The molecule has 0 saturated heterocycles. The molecule has 19 heavy (non-hydrogen) atoms. The summed E-state index contributed by atoms with van der Waals surface area (Å²) in [7, 11) is -1.09. The van der Waals surface area contributed by atoms with Crippen molar-refractivity contribution < 1.29 is 14.8 Å². The molecule has 3 nitrogen and oxygen atoms in total. The maximum Gasteiger partial charge on any atom is 0.483 e. The molecule has 0 aliphatic rings. The van der Waals surface area contributed by atoms with Gasteiger partial charge >= 0.3 is 7.12 Å². The van der Waals surface area contributed by atoms with E-state index in [1.165, 1.54) is 5.98 Å². The van der Waals surface area contributed by atoms with E-state index in [2.05, 4.69) is 0 Å². The van der Waals surface area contributed by atoms with E-state index in [0.29, 0.717) is 5.02 Å². The zero-order valence-electron chi connectivity index (χ0n) is 11.7. The highest BCUT2D eigenvalue weighted by Gasteiger charge is 2.38. The van der Waals surface area contributed by atoms with E-state index in [4.69, 9.17) is 16.3 Å². The Hall–Kier alpha value is -0.805. The Balaban J connectivity index is 2.65. The minimum absolute atomic E-state index is 0.664. The van der Waals surface area contributed by atoms with Gasteiger partial charge in [0.2, 0.25) is 0 Å². The monoisotopic (exact) mass is 282 g/mol. The van der Waals surface area contributed by atoms with Crippen molar-refractivity contribution in [3.05, 3.63) is 40.8 Å². The second-order valence-corrected chi connectivity index (χ2v) is 5.92. The summed E-state index contributed by atoms with van der Waals surface area (Å²) < 4.78 is 5.44. The van der Waals surface area contributed by atoms with E-state index >= 15 is 0 Å². The summed E-state index contributed by atoms with van der Waals surface area (Å²) in [6.07, 6.45) is 1.74. The Bertz CT molecular complexity index is 435. The molecular weight excluding hydrogens is 262 g/mol. The molecule has 104 valence electrons. The standard InChI is InChI=1S/C14H20BClO3/c1-13(2,17)14(3,4)19-15(18)10-9-11-5-7-12(16)8-6-11/h5-10,17-18H,1-4H3/b10-9+. The molecule has 0 atom stereocenters. The predicted octanol–water partition coefficient (Wildman–Crippen LogP) is 2.94. The van der Waals surface area contributed by atoms with Crippen LogP contribution in [-0.4, -0.2) is 28.5 Å². The van der Waals surface area contributed by atoms with Crippen molar-refractivity contribution in [2.45, 2.75) is 38.9 Å². The number of hydrogen-bond donors (Lipinski definition) is 2. The van der Waals surface area contributed by atoms with Crippen LogP contribution in [-0.2, 0) is 4.65 Å². The summed E-state index contributed by atoms with van der Waals surface area (Å²) in [6, 6.07) is 7.23. The molecular formula is C14H20BClO3. The zero-order valence-corrected chi connectivity index (χ0v) is 12.5. The van der Waals surface area contributed by atoms with Crippen LogP contribution in [0.25, 0.3) is 6.08 Å². The smallest absolute Gasteiger partial charge is 0.423 e. The van der Waals surface area contributed by atoms with Gasteiger partial charge in [-0.1, -0.05) is 35.8 Å². The average Bonchev–Trinajstić information content (AvgIpc) is 2.26. The van der Waals surface area contributed by atoms with Crippen LogP contribution in [0.1, 0.15) is 33.3 Å². The lowest BCUT2D eigenvalue weighted by Crippen LogP contribution is -2.50. The van der Waals surface area contributed by atoms with Gasteiger partial charge in [-0.15, -0.1) is 0 Å². The summed E-state index contributed by atoms with van der Waals surface area (Å²) in [6.45, 7) is 6.74. The van der Waals surface area contributed by atoms with Crippen molar-refractivity contribution in [2.75, 3.05) is 0 Å². The Kier molecular flexibility index (Phi) is 5.22. The van der Waals surface area contributed by atoms with Crippen LogP contribution in [0.4, 0.5) is 0 Å². The first-order valence-electron chi connectivity index (χ1n) is 6.14. The molecule has 0 unspecified atom stereocenters. The average molecular weight is 283 g/mol. The van der Waals surface area contributed by atoms with Gasteiger partial charge in [0.1, 0.15) is 0 Å². The van der Waals surface area contributed by atoms with Crippen LogP contribution in [0, 0.1) is 0 Å². The van der Waals surface area contributed by atoms with Gasteiger partial charge in [-0.05, 0) is 45.4 Å². The third kappa shape index (κ3) is 4.99. The van der Waals surface area contributed by atoms with Crippen LogP contribution >= 0.6 is 11.6 Å². The first-order valence-corrected chi connectivity index (χ1v) is 6.52. The second-order valence-electron chi connectivity index (χ2n) is 5.49. The fourth-order valence-corrected chi connectivity index (χ4v) is 1.38. The first-order chi connectivity index (χ1) is 8.62. The number of rotatable bonds is 5. The SMILES string of the molecule is CC(C)(O)C(C)(C)OB(O)/C=C/c1ccc(Cl)cc1. The van der Waals surface area contributed by atoms with Crippen LogP contribution in [0.15, 0.2) is 30.2 Å². The molecule has 0 aromatic heterocycles. The van der Waals surface area contributed by atoms with Crippen molar-refractivity contribution in [1.29, 1.82) is 0 Å².